The zero-order valence-corrected chi connectivity index (χ0v) is 22.0. The van der Waals surface area contributed by atoms with Gasteiger partial charge in [0, 0.05) is 48.8 Å². The summed E-state index contributed by atoms with van der Waals surface area (Å²) >= 11 is 6.04. The number of fused-ring (bicyclic) bond motifs is 1. The van der Waals surface area contributed by atoms with Gasteiger partial charge in [-0.2, -0.15) is 0 Å². The van der Waals surface area contributed by atoms with Gasteiger partial charge in [0.15, 0.2) is 9.84 Å². The first-order valence-electron chi connectivity index (χ1n) is 12.3. The summed E-state index contributed by atoms with van der Waals surface area (Å²) < 4.78 is 31.3. The molecule has 1 aromatic heterocycles. The minimum atomic E-state index is -3.46. The zero-order valence-electron chi connectivity index (χ0n) is 20.5. The molecule has 2 heterocycles. The molecule has 0 unspecified atom stereocenters. The molecule has 9 heteroatoms. The minimum absolute atomic E-state index is 0.0152. The van der Waals surface area contributed by atoms with E-state index in [0.29, 0.717) is 29.5 Å². The van der Waals surface area contributed by atoms with E-state index in [1.165, 1.54) is 0 Å². The Labute approximate surface area is 217 Å². The van der Waals surface area contributed by atoms with Crippen molar-refractivity contribution in [2.45, 2.75) is 37.1 Å². The van der Waals surface area contributed by atoms with Gasteiger partial charge in [-0.25, -0.2) is 8.42 Å². The molecule has 7 nitrogen and oxygen atoms in total. The van der Waals surface area contributed by atoms with Gasteiger partial charge in [-0.3, -0.25) is 14.7 Å². The molecule has 2 aromatic carbocycles. The fraction of sp³-hybridized carbons (Fsp3) is 0.407. The van der Waals surface area contributed by atoms with Crippen molar-refractivity contribution in [2.24, 2.45) is 0 Å². The maximum atomic E-state index is 13.1. The average Bonchev–Trinajstić information content (AvgIpc) is 2.88. The summed E-state index contributed by atoms with van der Waals surface area (Å²) in [7, 11) is -3.46. The molecule has 4 rings (SSSR count). The van der Waals surface area contributed by atoms with Crippen LogP contribution in [0.2, 0.25) is 5.02 Å². The number of hydrogen-bond acceptors (Lipinski definition) is 7. The number of esters is 1. The Balaban J connectivity index is 1.39. The third-order valence-corrected chi connectivity index (χ3v) is 8.67. The van der Waals surface area contributed by atoms with Crippen LogP contribution in [0, 0.1) is 0 Å². The van der Waals surface area contributed by atoms with Gasteiger partial charge in [-0.1, -0.05) is 23.7 Å². The molecule has 0 spiro atoms. The number of halogens is 1. The summed E-state index contributed by atoms with van der Waals surface area (Å²) in [5.41, 5.74) is 1.14. The fourth-order valence-electron chi connectivity index (χ4n) is 4.77. The van der Waals surface area contributed by atoms with Crippen LogP contribution in [-0.2, 0) is 19.4 Å². The van der Waals surface area contributed by atoms with Crippen LogP contribution in [0.15, 0.2) is 65.8 Å². The predicted octanol–water partition coefficient (Wildman–Crippen LogP) is 4.59. The Hall–Kier alpha value is -2.68. The summed E-state index contributed by atoms with van der Waals surface area (Å²) in [5, 5.41) is 2.36. The number of sulfone groups is 1. The van der Waals surface area contributed by atoms with Gasteiger partial charge in [0.05, 0.1) is 23.8 Å². The Morgan fingerprint density at radius 3 is 2.50 bits per heavy atom. The van der Waals surface area contributed by atoms with Crippen molar-refractivity contribution in [3.05, 3.63) is 65.9 Å². The maximum absolute atomic E-state index is 13.1. The molecule has 0 saturated carbocycles. The number of piperidine rings is 1. The van der Waals surface area contributed by atoms with Crippen molar-refractivity contribution in [3.63, 3.8) is 0 Å². The van der Waals surface area contributed by atoms with Crippen LogP contribution in [0.4, 0.5) is 5.69 Å². The molecule has 192 valence electrons. The lowest BCUT2D eigenvalue weighted by atomic mass is 10.0. The summed E-state index contributed by atoms with van der Waals surface area (Å²) in [6, 6.07) is 14.7. The van der Waals surface area contributed by atoms with Crippen molar-refractivity contribution < 1.29 is 17.9 Å². The normalized spacial score (nSPS) is 14.9. The van der Waals surface area contributed by atoms with E-state index in [4.69, 9.17) is 16.3 Å². The highest BCUT2D eigenvalue weighted by Gasteiger charge is 2.27. The summed E-state index contributed by atoms with van der Waals surface area (Å²) in [6.07, 6.45) is 5.80. The minimum Gasteiger partial charge on any atom is -0.465 e. The molecule has 1 aliphatic heterocycles. The third kappa shape index (κ3) is 6.75. The number of hydrogen-bond donors (Lipinski definition) is 0. The highest BCUT2D eigenvalue weighted by Crippen LogP contribution is 2.25. The number of ether oxygens (including phenoxy) is 1. The van der Waals surface area contributed by atoms with E-state index in [-0.39, 0.29) is 24.3 Å². The first kappa shape index (κ1) is 26.4. The van der Waals surface area contributed by atoms with Crippen LogP contribution in [-0.4, -0.2) is 68.9 Å². The summed E-state index contributed by atoms with van der Waals surface area (Å²) in [4.78, 5) is 21.1. The van der Waals surface area contributed by atoms with Crippen molar-refractivity contribution >= 4 is 43.9 Å². The highest BCUT2D eigenvalue weighted by atomic mass is 35.5. The Kier molecular flexibility index (Phi) is 8.82. The Bertz CT molecular complexity index is 1280. The maximum Gasteiger partial charge on any atom is 0.320 e. The predicted molar refractivity (Wildman–Crippen MR) is 143 cm³/mol. The molecule has 1 fully saturated rings. The lowest BCUT2D eigenvalue weighted by molar-refractivity contribution is -0.145. The molecule has 36 heavy (non-hydrogen) atoms. The van der Waals surface area contributed by atoms with E-state index in [1.807, 2.05) is 24.3 Å². The van der Waals surface area contributed by atoms with Gasteiger partial charge in [0.2, 0.25) is 0 Å². The van der Waals surface area contributed by atoms with Gasteiger partial charge in [0.1, 0.15) is 0 Å². The van der Waals surface area contributed by atoms with E-state index in [9.17, 15) is 13.2 Å². The molecule has 0 atom stereocenters. The van der Waals surface area contributed by atoms with E-state index in [1.54, 1.807) is 43.6 Å². The lowest BCUT2D eigenvalue weighted by Gasteiger charge is -2.39. The second kappa shape index (κ2) is 12.0. The molecule has 1 aliphatic rings. The number of benzene rings is 2. The highest BCUT2D eigenvalue weighted by molar-refractivity contribution is 7.91. The number of nitrogens with zero attached hydrogens (tertiary/aromatic N) is 3. The van der Waals surface area contributed by atoms with Crippen molar-refractivity contribution in [2.75, 3.05) is 43.4 Å². The summed E-state index contributed by atoms with van der Waals surface area (Å²) in [6.45, 7) is 4.54. The summed E-state index contributed by atoms with van der Waals surface area (Å²) in [5.74, 6) is -0.258. The standard InChI is InChI=1S/C27H32ClN3O4S/c1-2-35-27(32)20-31(25-10-15-30(16-11-25)24-8-12-29-13-9-24)14-3-17-36(33,34)26-7-5-21-18-23(28)6-4-22(21)19-26/h4-9,12-13,18-19,25H,2-3,10-11,14-17,20H2,1H3. The number of carbonyl (C=O) groups is 1. The lowest BCUT2D eigenvalue weighted by Crippen LogP contribution is -2.47. The van der Waals surface area contributed by atoms with Gasteiger partial charge in [0.25, 0.3) is 0 Å². The molecule has 0 N–H and O–H groups in total. The van der Waals surface area contributed by atoms with Crippen LogP contribution in [0.5, 0.6) is 0 Å². The van der Waals surface area contributed by atoms with E-state index >= 15 is 0 Å². The van der Waals surface area contributed by atoms with Crippen LogP contribution >= 0.6 is 11.6 Å². The van der Waals surface area contributed by atoms with Gasteiger partial charge < -0.3 is 9.64 Å². The second-order valence-corrected chi connectivity index (χ2v) is 11.6. The van der Waals surface area contributed by atoms with Gasteiger partial charge in [-0.05, 0) is 73.4 Å². The van der Waals surface area contributed by atoms with Crippen molar-refractivity contribution in [3.8, 4) is 0 Å². The van der Waals surface area contributed by atoms with Crippen LogP contribution in [0.25, 0.3) is 10.8 Å². The Morgan fingerprint density at radius 1 is 1.08 bits per heavy atom. The van der Waals surface area contributed by atoms with E-state index in [0.717, 1.165) is 42.4 Å². The van der Waals surface area contributed by atoms with E-state index < -0.39 is 9.84 Å². The second-order valence-electron chi connectivity index (χ2n) is 9.02. The number of rotatable bonds is 10. The molecule has 0 amide bonds. The molecule has 3 aromatic rings. The first-order valence-corrected chi connectivity index (χ1v) is 14.4. The largest absolute Gasteiger partial charge is 0.465 e. The van der Waals surface area contributed by atoms with Crippen molar-refractivity contribution in [1.82, 2.24) is 9.88 Å². The fourth-order valence-corrected chi connectivity index (χ4v) is 6.28. The molecule has 0 aliphatic carbocycles. The molecule has 0 radical (unpaired) electrons. The molecule has 1 saturated heterocycles. The Morgan fingerprint density at radius 2 is 1.78 bits per heavy atom. The zero-order chi connectivity index (χ0) is 25.5. The molecular weight excluding hydrogens is 498 g/mol. The SMILES string of the molecule is CCOC(=O)CN(CCCS(=O)(=O)c1ccc2cc(Cl)ccc2c1)C1CCN(c2ccncc2)CC1. The van der Waals surface area contributed by atoms with Crippen LogP contribution in [0.1, 0.15) is 26.2 Å². The van der Waals surface area contributed by atoms with Crippen LogP contribution < -0.4 is 4.90 Å². The topological polar surface area (TPSA) is 79.8 Å². The van der Waals surface area contributed by atoms with Crippen molar-refractivity contribution in [1.29, 1.82) is 0 Å². The number of pyridine rings is 1. The smallest absolute Gasteiger partial charge is 0.320 e. The first-order chi connectivity index (χ1) is 17.4. The monoisotopic (exact) mass is 529 g/mol. The molecule has 0 bridgehead atoms. The van der Waals surface area contributed by atoms with E-state index in [2.05, 4.69) is 14.8 Å². The quantitative estimate of drug-likeness (QED) is 0.355. The third-order valence-electron chi connectivity index (χ3n) is 6.64. The molecular formula is C27H32ClN3O4S. The number of anilines is 1. The number of carbonyl (C=O) groups excluding carboxylic acids is 1. The van der Waals surface area contributed by atoms with Gasteiger partial charge in [-0.15, -0.1) is 0 Å². The average molecular weight is 530 g/mol. The van der Waals surface area contributed by atoms with Gasteiger partial charge >= 0.3 is 5.97 Å². The van der Waals surface area contributed by atoms with Crippen LogP contribution in [0.3, 0.4) is 0 Å². The number of aromatic nitrogens is 1.